The minimum atomic E-state index is -0.489. The van der Waals surface area contributed by atoms with Crippen molar-refractivity contribution in [2.24, 2.45) is 7.05 Å². The van der Waals surface area contributed by atoms with Crippen LogP contribution in [0.15, 0.2) is 17.6 Å². The van der Waals surface area contributed by atoms with Gasteiger partial charge in [-0.25, -0.2) is 4.98 Å². The van der Waals surface area contributed by atoms with E-state index in [9.17, 15) is 4.79 Å². The molecule has 0 amide bonds. The predicted octanol–water partition coefficient (Wildman–Crippen LogP) is 2.12. The van der Waals surface area contributed by atoms with E-state index in [4.69, 9.17) is 4.74 Å². The molecule has 2 atom stereocenters. The van der Waals surface area contributed by atoms with E-state index in [0.29, 0.717) is 11.3 Å². The Morgan fingerprint density at radius 1 is 1.52 bits per heavy atom. The van der Waals surface area contributed by atoms with E-state index in [1.165, 1.54) is 20.0 Å². The topological polar surface area (TPSA) is 56.1 Å². The van der Waals surface area contributed by atoms with Gasteiger partial charge in [-0.1, -0.05) is 11.8 Å². The number of imidazole rings is 1. The summed E-state index contributed by atoms with van der Waals surface area (Å²) in [5, 5.41) is 4.99. The van der Waals surface area contributed by atoms with Crippen LogP contribution in [0.1, 0.15) is 38.5 Å². The second-order valence-electron chi connectivity index (χ2n) is 6.15. The van der Waals surface area contributed by atoms with Crippen LogP contribution in [-0.4, -0.2) is 39.5 Å². The monoisotopic (exact) mass is 309 g/mol. The highest BCUT2D eigenvalue weighted by atomic mass is 32.2. The quantitative estimate of drug-likeness (QED) is 0.844. The second-order valence-corrected chi connectivity index (χ2v) is 7.42. The van der Waals surface area contributed by atoms with Crippen molar-refractivity contribution in [3.05, 3.63) is 12.4 Å². The first-order chi connectivity index (χ1) is 10.1. The minimum Gasteiger partial charge on any atom is -0.468 e. The van der Waals surface area contributed by atoms with Crippen molar-refractivity contribution in [3.63, 3.8) is 0 Å². The number of hydrogen-bond acceptors (Lipinski definition) is 5. The maximum Gasteiger partial charge on any atom is 0.326 e. The third kappa shape index (κ3) is 3.26. The normalized spacial score (nSPS) is 29.3. The molecule has 2 aliphatic rings. The number of hydrogen-bond donors (Lipinski definition) is 1. The average Bonchev–Trinajstić information content (AvgIpc) is 3.20. The Morgan fingerprint density at radius 2 is 2.33 bits per heavy atom. The number of methoxy groups -OCH3 is 1. The number of nitrogens with one attached hydrogen (secondary N) is 1. The molecule has 1 heterocycles. The second kappa shape index (κ2) is 6.01. The van der Waals surface area contributed by atoms with Crippen LogP contribution in [0.25, 0.3) is 0 Å². The van der Waals surface area contributed by atoms with Crippen LogP contribution < -0.4 is 5.32 Å². The van der Waals surface area contributed by atoms with Gasteiger partial charge in [0.1, 0.15) is 5.54 Å². The van der Waals surface area contributed by atoms with Crippen LogP contribution in [0.5, 0.6) is 0 Å². The summed E-state index contributed by atoms with van der Waals surface area (Å²) in [5.74, 6) is -0.0976. The van der Waals surface area contributed by atoms with Gasteiger partial charge in [-0.05, 0) is 38.5 Å². The van der Waals surface area contributed by atoms with Crippen molar-refractivity contribution in [3.8, 4) is 0 Å². The summed E-state index contributed by atoms with van der Waals surface area (Å²) in [5.41, 5.74) is -0.489. The van der Waals surface area contributed by atoms with Crippen LogP contribution in [-0.2, 0) is 16.6 Å². The summed E-state index contributed by atoms with van der Waals surface area (Å²) in [4.78, 5) is 16.7. The summed E-state index contributed by atoms with van der Waals surface area (Å²) in [6.07, 6.45) is 10.0. The number of rotatable bonds is 5. The molecule has 0 aliphatic heterocycles. The van der Waals surface area contributed by atoms with Gasteiger partial charge in [0.15, 0.2) is 5.16 Å². The third-order valence-electron chi connectivity index (χ3n) is 4.39. The van der Waals surface area contributed by atoms with E-state index >= 15 is 0 Å². The molecule has 3 rings (SSSR count). The van der Waals surface area contributed by atoms with Crippen molar-refractivity contribution >= 4 is 17.7 Å². The van der Waals surface area contributed by atoms with Gasteiger partial charge in [0.05, 0.1) is 7.11 Å². The smallest absolute Gasteiger partial charge is 0.326 e. The maximum absolute atomic E-state index is 12.4. The van der Waals surface area contributed by atoms with Gasteiger partial charge in [-0.2, -0.15) is 0 Å². The molecule has 0 spiro atoms. The summed E-state index contributed by atoms with van der Waals surface area (Å²) < 4.78 is 7.13. The van der Waals surface area contributed by atoms with Crippen LogP contribution in [0.3, 0.4) is 0 Å². The number of aromatic nitrogens is 2. The molecular formula is C15H23N3O2S. The van der Waals surface area contributed by atoms with Gasteiger partial charge in [0, 0.05) is 30.7 Å². The van der Waals surface area contributed by atoms with Gasteiger partial charge in [0.25, 0.3) is 0 Å². The largest absolute Gasteiger partial charge is 0.468 e. The number of esters is 1. The first kappa shape index (κ1) is 14.9. The molecule has 6 heteroatoms. The number of carbonyl (C=O) groups excluding carboxylic acids is 1. The van der Waals surface area contributed by atoms with Gasteiger partial charge in [-0.3, -0.25) is 10.1 Å². The van der Waals surface area contributed by atoms with Crippen molar-refractivity contribution in [2.45, 2.75) is 60.5 Å². The standard InChI is InChI=1S/C15H23N3O2S/c1-18-9-8-16-14(18)21-12-4-3-7-15(10-12,13(19)20-2)17-11-5-6-11/h8-9,11-12,17H,3-7,10H2,1-2H3. The fourth-order valence-corrected chi connectivity index (χ4v) is 4.43. The van der Waals surface area contributed by atoms with Crippen LogP contribution in [0, 0.1) is 0 Å². The van der Waals surface area contributed by atoms with Crippen molar-refractivity contribution in [1.29, 1.82) is 0 Å². The molecule has 1 N–H and O–H groups in total. The van der Waals surface area contributed by atoms with E-state index in [2.05, 4.69) is 10.3 Å². The van der Waals surface area contributed by atoms with E-state index in [1.54, 1.807) is 11.8 Å². The van der Waals surface area contributed by atoms with E-state index in [0.717, 1.165) is 30.8 Å². The summed E-state index contributed by atoms with van der Waals surface area (Å²) in [7, 11) is 3.50. The number of nitrogens with zero attached hydrogens (tertiary/aromatic N) is 2. The lowest BCUT2D eigenvalue weighted by molar-refractivity contribution is -0.150. The third-order valence-corrected chi connectivity index (χ3v) is 5.73. The highest BCUT2D eigenvalue weighted by Crippen LogP contribution is 2.40. The van der Waals surface area contributed by atoms with Crippen molar-refractivity contribution in [1.82, 2.24) is 14.9 Å². The highest BCUT2D eigenvalue weighted by molar-refractivity contribution is 7.99. The van der Waals surface area contributed by atoms with E-state index in [-0.39, 0.29) is 5.97 Å². The molecule has 21 heavy (non-hydrogen) atoms. The SMILES string of the molecule is COC(=O)C1(NC2CC2)CCCC(Sc2nccn2C)C1. The molecular weight excluding hydrogens is 286 g/mol. The van der Waals surface area contributed by atoms with Crippen LogP contribution >= 0.6 is 11.8 Å². The zero-order valence-corrected chi connectivity index (χ0v) is 13.5. The Kier molecular flexibility index (Phi) is 4.26. The molecule has 1 aromatic rings. The lowest BCUT2D eigenvalue weighted by atomic mass is 9.81. The Bertz CT molecular complexity index is 515. The fraction of sp³-hybridized carbons (Fsp3) is 0.733. The predicted molar refractivity (Wildman–Crippen MR) is 82.2 cm³/mol. The molecule has 2 fully saturated rings. The molecule has 0 radical (unpaired) electrons. The van der Waals surface area contributed by atoms with Gasteiger partial charge in [-0.15, -0.1) is 0 Å². The highest BCUT2D eigenvalue weighted by Gasteiger charge is 2.47. The zero-order chi connectivity index (χ0) is 14.9. The molecule has 0 bridgehead atoms. The number of carbonyl (C=O) groups is 1. The molecule has 2 saturated carbocycles. The summed E-state index contributed by atoms with van der Waals surface area (Å²) in [6, 6.07) is 0.501. The fourth-order valence-electron chi connectivity index (χ4n) is 3.13. The van der Waals surface area contributed by atoms with Crippen LogP contribution in [0.2, 0.25) is 0 Å². The first-order valence-corrected chi connectivity index (χ1v) is 8.51. The Hall–Kier alpha value is -1.01. The molecule has 0 saturated heterocycles. The van der Waals surface area contributed by atoms with Crippen LogP contribution in [0.4, 0.5) is 0 Å². The lowest BCUT2D eigenvalue weighted by Gasteiger charge is -2.39. The minimum absolute atomic E-state index is 0.0976. The Morgan fingerprint density at radius 3 is 2.95 bits per heavy atom. The number of aryl methyl sites for hydroxylation is 1. The lowest BCUT2D eigenvalue weighted by Crippen LogP contribution is -2.56. The summed E-state index contributed by atoms with van der Waals surface area (Å²) >= 11 is 1.78. The number of thioether (sulfide) groups is 1. The number of ether oxygens (including phenoxy) is 1. The van der Waals surface area contributed by atoms with Crippen molar-refractivity contribution < 1.29 is 9.53 Å². The average molecular weight is 309 g/mol. The molecule has 2 aliphatic carbocycles. The van der Waals surface area contributed by atoms with E-state index in [1.807, 2.05) is 24.0 Å². The van der Waals surface area contributed by atoms with E-state index < -0.39 is 5.54 Å². The Labute approximate surface area is 129 Å². The Balaban J connectivity index is 1.72. The maximum atomic E-state index is 12.4. The molecule has 0 aromatic carbocycles. The van der Waals surface area contributed by atoms with Crippen molar-refractivity contribution in [2.75, 3.05) is 7.11 Å². The zero-order valence-electron chi connectivity index (χ0n) is 12.7. The molecule has 5 nitrogen and oxygen atoms in total. The van der Waals surface area contributed by atoms with Gasteiger partial charge in [0.2, 0.25) is 0 Å². The first-order valence-electron chi connectivity index (χ1n) is 7.63. The summed E-state index contributed by atoms with van der Waals surface area (Å²) in [6.45, 7) is 0. The molecule has 116 valence electrons. The van der Waals surface area contributed by atoms with Gasteiger partial charge >= 0.3 is 5.97 Å². The van der Waals surface area contributed by atoms with Gasteiger partial charge < -0.3 is 9.30 Å². The molecule has 2 unspecified atom stereocenters. The molecule has 1 aromatic heterocycles.